The smallest absolute Gasteiger partial charge is 0.127 e. The van der Waals surface area contributed by atoms with Gasteiger partial charge < -0.3 is 10.2 Å². The van der Waals surface area contributed by atoms with E-state index < -0.39 is 0 Å². The molecule has 1 aromatic heterocycles. The van der Waals surface area contributed by atoms with Crippen molar-refractivity contribution in [2.24, 2.45) is 5.92 Å². The Bertz CT molecular complexity index is 321. The van der Waals surface area contributed by atoms with Crippen molar-refractivity contribution in [3.05, 3.63) is 18.3 Å². The lowest BCUT2D eigenvalue weighted by molar-refractivity contribution is 0.486. The fourth-order valence-electron chi connectivity index (χ4n) is 2.03. The van der Waals surface area contributed by atoms with Gasteiger partial charge in [-0.1, -0.05) is 26.7 Å². The van der Waals surface area contributed by atoms with Gasteiger partial charge in [-0.25, -0.2) is 4.98 Å². The summed E-state index contributed by atoms with van der Waals surface area (Å²) in [5.41, 5.74) is 1.26. The number of nitrogens with one attached hydrogen (secondary N) is 1. The monoisotopic (exact) mass is 235 g/mol. The first kappa shape index (κ1) is 13.8. The molecule has 0 unspecified atom stereocenters. The minimum Gasteiger partial charge on any atom is -0.373 e. The lowest BCUT2D eigenvalue weighted by atomic mass is 10.0. The molecule has 0 atom stereocenters. The third kappa shape index (κ3) is 3.91. The standard InChI is InChI=1S/C14H25N3/c1-5-12(6-2)11-17(7-3)13-8-9-16-14(10-13)15-4/h8-10,12H,5-7,11H2,1-4H3,(H,15,16). The van der Waals surface area contributed by atoms with Crippen molar-refractivity contribution < 1.29 is 0 Å². The molecule has 1 N–H and O–H groups in total. The van der Waals surface area contributed by atoms with Gasteiger partial charge in [0.05, 0.1) is 0 Å². The van der Waals surface area contributed by atoms with Crippen LogP contribution in [0.15, 0.2) is 18.3 Å². The molecule has 0 aliphatic heterocycles. The van der Waals surface area contributed by atoms with Gasteiger partial charge in [0.15, 0.2) is 0 Å². The zero-order chi connectivity index (χ0) is 12.7. The van der Waals surface area contributed by atoms with Crippen LogP contribution in [0.25, 0.3) is 0 Å². The first-order valence-corrected chi connectivity index (χ1v) is 6.63. The van der Waals surface area contributed by atoms with Gasteiger partial charge >= 0.3 is 0 Å². The van der Waals surface area contributed by atoms with Crippen LogP contribution < -0.4 is 10.2 Å². The van der Waals surface area contributed by atoms with Gasteiger partial charge in [-0.05, 0) is 18.9 Å². The number of hydrogen-bond donors (Lipinski definition) is 1. The Morgan fingerprint density at radius 2 is 2.00 bits per heavy atom. The van der Waals surface area contributed by atoms with Crippen LogP contribution >= 0.6 is 0 Å². The number of anilines is 2. The molecule has 0 aromatic carbocycles. The molecule has 0 saturated heterocycles. The Morgan fingerprint density at radius 3 is 2.53 bits per heavy atom. The quantitative estimate of drug-likeness (QED) is 0.785. The Morgan fingerprint density at radius 1 is 1.29 bits per heavy atom. The van der Waals surface area contributed by atoms with Gasteiger partial charge in [0.1, 0.15) is 5.82 Å². The van der Waals surface area contributed by atoms with E-state index in [0.29, 0.717) is 0 Å². The number of pyridine rings is 1. The maximum atomic E-state index is 4.26. The topological polar surface area (TPSA) is 28.2 Å². The highest BCUT2D eigenvalue weighted by Gasteiger charge is 2.11. The van der Waals surface area contributed by atoms with Crippen LogP contribution in [0, 0.1) is 5.92 Å². The second-order valence-corrected chi connectivity index (χ2v) is 4.37. The number of rotatable bonds is 7. The summed E-state index contributed by atoms with van der Waals surface area (Å²) in [6, 6.07) is 4.21. The predicted octanol–water partition coefficient (Wildman–Crippen LogP) is 3.39. The molecule has 1 heterocycles. The van der Waals surface area contributed by atoms with Crippen LogP contribution in [0.1, 0.15) is 33.6 Å². The molecule has 17 heavy (non-hydrogen) atoms. The average molecular weight is 235 g/mol. The van der Waals surface area contributed by atoms with Crippen LogP contribution in [0.3, 0.4) is 0 Å². The molecule has 0 amide bonds. The molecule has 96 valence electrons. The van der Waals surface area contributed by atoms with Gasteiger partial charge in [-0.15, -0.1) is 0 Å². The Kier molecular flexibility index (Phi) is 5.81. The molecule has 0 bridgehead atoms. The van der Waals surface area contributed by atoms with Gasteiger partial charge in [0.25, 0.3) is 0 Å². The van der Waals surface area contributed by atoms with Crippen molar-refractivity contribution in [2.75, 3.05) is 30.4 Å². The van der Waals surface area contributed by atoms with Crippen LogP contribution in [-0.4, -0.2) is 25.1 Å². The van der Waals surface area contributed by atoms with Crippen LogP contribution in [-0.2, 0) is 0 Å². The minimum atomic E-state index is 0.779. The molecule has 3 nitrogen and oxygen atoms in total. The predicted molar refractivity (Wildman–Crippen MR) is 75.7 cm³/mol. The number of hydrogen-bond acceptors (Lipinski definition) is 3. The van der Waals surface area contributed by atoms with E-state index in [0.717, 1.165) is 24.8 Å². The van der Waals surface area contributed by atoms with Gasteiger partial charge in [-0.3, -0.25) is 0 Å². The fourth-order valence-corrected chi connectivity index (χ4v) is 2.03. The second kappa shape index (κ2) is 7.15. The van der Waals surface area contributed by atoms with Crippen molar-refractivity contribution >= 4 is 11.5 Å². The second-order valence-electron chi connectivity index (χ2n) is 4.37. The van der Waals surface area contributed by atoms with Gasteiger partial charge in [-0.2, -0.15) is 0 Å². The molecular formula is C14H25N3. The Balaban J connectivity index is 2.77. The van der Waals surface area contributed by atoms with E-state index in [1.54, 1.807) is 0 Å². The SMILES string of the molecule is CCC(CC)CN(CC)c1ccnc(NC)c1. The highest BCUT2D eigenvalue weighted by molar-refractivity contribution is 5.53. The molecule has 1 aromatic rings. The largest absolute Gasteiger partial charge is 0.373 e. The first-order valence-electron chi connectivity index (χ1n) is 6.63. The van der Waals surface area contributed by atoms with Crippen molar-refractivity contribution in [3.8, 4) is 0 Å². The summed E-state index contributed by atoms with van der Waals surface area (Å²) in [5, 5.41) is 3.09. The molecule has 0 radical (unpaired) electrons. The number of aromatic nitrogens is 1. The first-order chi connectivity index (χ1) is 8.24. The summed E-state index contributed by atoms with van der Waals surface area (Å²) in [6.45, 7) is 8.93. The molecule has 3 heteroatoms. The lowest BCUT2D eigenvalue weighted by Gasteiger charge is -2.27. The summed E-state index contributed by atoms with van der Waals surface area (Å²) in [7, 11) is 1.91. The molecule has 0 aliphatic rings. The van der Waals surface area contributed by atoms with E-state index in [9.17, 15) is 0 Å². The summed E-state index contributed by atoms with van der Waals surface area (Å²) >= 11 is 0. The highest BCUT2D eigenvalue weighted by atomic mass is 15.1. The minimum absolute atomic E-state index is 0.779. The molecular weight excluding hydrogens is 210 g/mol. The van der Waals surface area contributed by atoms with Crippen LogP contribution in [0.4, 0.5) is 11.5 Å². The van der Waals surface area contributed by atoms with E-state index in [1.165, 1.54) is 18.5 Å². The third-order valence-corrected chi connectivity index (χ3v) is 3.38. The van der Waals surface area contributed by atoms with Crippen molar-refractivity contribution in [1.29, 1.82) is 0 Å². The molecule has 0 spiro atoms. The summed E-state index contributed by atoms with van der Waals surface area (Å²) in [6.07, 6.45) is 4.37. The van der Waals surface area contributed by atoms with Crippen LogP contribution in [0.5, 0.6) is 0 Å². The zero-order valence-corrected chi connectivity index (χ0v) is 11.5. The van der Waals surface area contributed by atoms with E-state index in [4.69, 9.17) is 0 Å². The van der Waals surface area contributed by atoms with Crippen molar-refractivity contribution in [2.45, 2.75) is 33.6 Å². The van der Waals surface area contributed by atoms with Gasteiger partial charge in [0.2, 0.25) is 0 Å². The molecule has 1 rings (SSSR count). The van der Waals surface area contributed by atoms with E-state index in [-0.39, 0.29) is 0 Å². The molecule has 0 aliphatic carbocycles. The van der Waals surface area contributed by atoms with E-state index in [1.807, 2.05) is 13.2 Å². The average Bonchev–Trinajstić information content (AvgIpc) is 2.40. The molecule has 0 saturated carbocycles. The number of nitrogens with zero attached hydrogens (tertiary/aromatic N) is 2. The zero-order valence-electron chi connectivity index (χ0n) is 11.5. The maximum absolute atomic E-state index is 4.26. The van der Waals surface area contributed by atoms with E-state index in [2.05, 4.69) is 48.1 Å². The van der Waals surface area contributed by atoms with Gasteiger partial charge in [0, 0.05) is 38.1 Å². The summed E-state index contributed by atoms with van der Waals surface area (Å²) < 4.78 is 0. The highest BCUT2D eigenvalue weighted by Crippen LogP contribution is 2.20. The molecule has 0 fully saturated rings. The van der Waals surface area contributed by atoms with Crippen LogP contribution in [0.2, 0.25) is 0 Å². The van der Waals surface area contributed by atoms with Crippen molar-refractivity contribution in [1.82, 2.24) is 4.98 Å². The Hall–Kier alpha value is -1.25. The normalized spacial score (nSPS) is 10.6. The maximum Gasteiger partial charge on any atom is 0.127 e. The fraction of sp³-hybridized carbons (Fsp3) is 0.643. The lowest BCUT2D eigenvalue weighted by Crippen LogP contribution is -2.29. The Labute approximate surface area is 105 Å². The summed E-state index contributed by atoms with van der Waals surface area (Å²) in [4.78, 5) is 6.69. The van der Waals surface area contributed by atoms with E-state index >= 15 is 0 Å². The summed E-state index contributed by atoms with van der Waals surface area (Å²) in [5.74, 6) is 1.71. The van der Waals surface area contributed by atoms with Crippen molar-refractivity contribution in [3.63, 3.8) is 0 Å². The third-order valence-electron chi connectivity index (χ3n) is 3.38.